The predicted octanol–water partition coefficient (Wildman–Crippen LogP) is 2.84. The average Bonchev–Trinajstić information content (AvgIpc) is 3.05. The molecule has 0 saturated heterocycles. The van der Waals surface area contributed by atoms with E-state index in [-0.39, 0.29) is 44.3 Å². The molecule has 0 spiro atoms. The second-order valence-electron chi connectivity index (χ2n) is 9.22. The maximum atomic E-state index is 12.4. The highest BCUT2D eigenvalue weighted by Gasteiger charge is 2.34. The topological polar surface area (TPSA) is 134 Å². The van der Waals surface area contributed by atoms with E-state index in [1.807, 2.05) is 0 Å². The first-order valence-electron chi connectivity index (χ1n) is 11.6. The zero-order valence-corrected chi connectivity index (χ0v) is 20.6. The Morgan fingerprint density at radius 2 is 1.44 bits per heavy atom. The van der Waals surface area contributed by atoms with Gasteiger partial charge in [-0.05, 0) is 44.5 Å². The number of hydrogen-bond acceptors (Lipinski definition) is 6. The van der Waals surface area contributed by atoms with Crippen molar-refractivity contribution in [3.63, 3.8) is 0 Å². The molecule has 36 heavy (non-hydrogen) atoms. The van der Waals surface area contributed by atoms with E-state index in [0.29, 0.717) is 22.4 Å². The number of anilines is 1. The first-order chi connectivity index (χ1) is 17.0. The molecule has 0 fully saturated rings. The highest BCUT2D eigenvalue weighted by Crippen LogP contribution is 2.22. The predicted molar refractivity (Wildman–Crippen MR) is 132 cm³/mol. The zero-order chi connectivity index (χ0) is 26.3. The van der Waals surface area contributed by atoms with E-state index in [2.05, 4.69) is 16.0 Å². The van der Waals surface area contributed by atoms with Crippen molar-refractivity contribution in [2.75, 3.05) is 18.4 Å². The number of nitrogens with zero attached hydrogens (tertiary/aromatic N) is 1. The average molecular weight is 495 g/mol. The molecule has 1 heterocycles. The van der Waals surface area contributed by atoms with E-state index in [0.717, 1.165) is 4.90 Å². The summed E-state index contributed by atoms with van der Waals surface area (Å²) in [5.41, 5.74) is 1.27. The number of rotatable bonds is 9. The van der Waals surface area contributed by atoms with Crippen LogP contribution < -0.4 is 16.0 Å². The van der Waals surface area contributed by atoms with E-state index in [1.54, 1.807) is 69.3 Å². The monoisotopic (exact) mass is 494 g/mol. The fourth-order valence-corrected chi connectivity index (χ4v) is 3.54. The quantitative estimate of drug-likeness (QED) is 0.459. The maximum absolute atomic E-state index is 12.4. The molecular formula is C26H30N4O6. The standard InChI is InChI=1S/C26H30N4O6/c1-26(2,3)36-25(35)27-14-12-22(32)29-20-11-7-4-8-17(20)16-28-21(31)13-15-30-23(33)18-9-5-6-10-19(18)24(30)34/h4-11H,12-16H2,1-3H3,(H,27,35)(H,28,31)(H,29,32). The van der Waals surface area contributed by atoms with Gasteiger partial charge < -0.3 is 20.7 Å². The molecule has 10 nitrogen and oxygen atoms in total. The summed E-state index contributed by atoms with van der Waals surface area (Å²) < 4.78 is 5.13. The highest BCUT2D eigenvalue weighted by atomic mass is 16.6. The van der Waals surface area contributed by atoms with Gasteiger partial charge in [0.05, 0.1) is 11.1 Å². The number of carbonyl (C=O) groups excluding carboxylic acids is 5. The van der Waals surface area contributed by atoms with Gasteiger partial charge >= 0.3 is 6.09 Å². The molecule has 0 saturated carbocycles. The number of amides is 5. The van der Waals surface area contributed by atoms with Crippen LogP contribution in [0.5, 0.6) is 0 Å². The van der Waals surface area contributed by atoms with E-state index in [4.69, 9.17) is 4.74 Å². The zero-order valence-electron chi connectivity index (χ0n) is 20.6. The van der Waals surface area contributed by atoms with Gasteiger partial charge in [0.1, 0.15) is 5.60 Å². The summed E-state index contributed by atoms with van der Waals surface area (Å²) in [5, 5.41) is 8.06. The minimum absolute atomic E-state index is 0.0266. The number of nitrogens with one attached hydrogen (secondary N) is 3. The molecule has 3 N–H and O–H groups in total. The lowest BCUT2D eigenvalue weighted by Crippen LogP contribution is -2.34. The highest BCUT2D eigenvalue weighted by molar-refractivity contribution is 6.21. The molecule has 0 aromatic heterocycles. The summed E-state index contributed by atoms with van der Waals surface area (Å²) in [6, 6.07) is 13.6. The third kappa shape index (κ3) is 7.14. The molecule has 0 bridgehead atoms. The van der Waals surface area contributed by atoms with Crippen LogP contribution in [-0.4, -0.2) is 53.3 Å². The Kier molecular flexibility index (Phi) is 8.42. The molecule has 2 aromatic rings. The lowest BCUT2D eigenvalue weighted by atomic mass is 10.1. The van der Waals surface area contributed by atoms with Gasteiger partial charge in [-0.2, -0.15) is 0 Å². The lowest BCUT2D eigenvalue weighted by Gasteiger charge is -2.19. The van der Waals surface area contributed by atoms with Crippen molar-refractivity contribution in [2.24, 2.45) is 0 Å². The summed E-state index contributed by atoms with van der Waals surface area (Å²) in [5.74, 6) is -1.46. The molecule has 5 amide bonds. The third-order valence-electron chi connectivity index (χ3n) is 5.23. The summed E-state index contributed by atoms with van der Waals surface area (Å²) in [6.07, 6.45) is -0.601. The molecule has 0 atom stereocenters. The Morgan fingerprint density at radius 3 is 2.08 bits per heavy atom. The number of carbonyl (C=O) groups is 5. The number of fused-ring (bicyclic) bond motifs is 1. The Bertz CT molecular complexity index is 1140. The van der Waals surface area contributed by atoms with Crippen LogP contribution in [0.15, 0.2) is 48.5 Å². The van der Waals surface area contributed by atoms with Gasteiger partial charge in [-0.25, -0.2) is 4.79 Å². The molecule has 2 aromatic carbocycles. The van der Waals surface area contributed by atoms with Gasteiger partial charge in [-0.15, -0.1) is 0 Å². The number of imide groups is 1. The lowest BCUT2D eigenvalue weighted by molar-refractivity contribution is -0.121. The van der Waals surface area contributed by atoms with Crippen LogP contribution in [-0.2, 0) is 20.9 Å². The van der Waals surface area contributed by atoms with Crippen LogP contribution in [0.2, 0.25) is 0 Å². The molecule has 1 aliphatic heterocycles. The van der Waals surface area contributed by atoms with Crippen molar-refractivity contribution >= 4 is 35.4 Å². The van der Waals surface area contributed by atoms with Gasteiger partial charge in [-0.1, -0.05) is 30.3 Å². The van der Waals surface area contributed by atoms with Crippen LogP contribution in [0.1, 0.15) is 59.9 Å². The Hall–Kier alpha value is -4.21. The number of para-hydroxylation sites is 1. The van der Waals surface area contributed by atoms with Crippen LogP contribution >= 0.6 is 0 Å². The van der Waals surface area contributed by atoms with Gasteiger partial charge in [0, 0.05) is 38.2 Å². The van der Waals surface area contributed by atoms with Gasteiger partial charge in [0.15, 0.2) is 0 Å². The number of hydrogen-bond donors (Lipinski definition) is 3. The van der Waals surface area contributed by atoms with Crippen molar-refractivity contribution < 1.29 is 28.7 Å². The fraction of sp³-hybridized carbons (Fsp3) is 0.346. The third-order valence-corrected chi connectivity index (χ3v) is 5.23. The van der Waals surface area contributed by atoms with Crippen LogP contribution in [0.4, 0.5) is 10.5 Å². The molecule has 10 heteroatoms. The summed E-state index contributed by atoms with van der Waals surface area (Å²) in [4.78, 5) is 62.3. The van der Waals surface area contributed by atoms with Crippen LogP contribution in [0.3, 0.4) is 0 Å². The van der Waals surface area contributed by atoms with E-state index < -0.39 is 23.5 Å². The number of ether oxygens (including phenoxy) is 1. The molecule has 0 radical (unpaired) electrons. The summed E-state index contributed by atoms with van der Waals surface area (Å²) >= 11 is 0. The van der Waals surface area contributed by atoms with Gasteiger partial charge in [-0.3, -0.25) is 24.1 Å². The SMILES string of the molecule is CC(C)(C)OC(=O)NCCC(=O)Nc1ccccc1CNC(=O)CCN1C(=O)c2ccccc2C1=O. The van der Waals surface area contributed by atoms with Crippen molar-refractivity contribution in [3.05, 3.63) is 65.2 Å². The number of benzene rings is 2. The van der Waals surface area contributed by atoms with Crippen molar-refractivity contribution in [2.45, 2.75) is 45.8 Å². The van der Waals surface area contributed by atoms with E-state index >= 15 is 0 Å². The van der Waals surface area contributed by atoms with E-state index in [9.17, 15) is 24.0 Å². The largest absolute Gasteiger partial charge is 0.444 e. The fourth-order valence-electron chi connectivity index (χ4n) is 3.54. The minimum Gasteiger partial charge on any atom is -0.444 e. The first kappa shape index (κ1) is 26.4. The molecule has 190 valence electrons. The first-order valence-corrected chi connectivity index (χ1v) is 11.6. The van der Waals surface area contributed by atoms with Crippen molar-refractivity contribution in [1.29, 1.82) is 0 Å². The Labute approximate surface area is 209 Å². The minimum atomic E-state index is -0.625. The molecule has 3 rings (SSSR count). The summed E-state index contributed by atoms with van der Waals surface area (Å²) in [7, 11) is 0. The van der Waals surface area contributed by atoms with Crippen LogP contribution in [0, 0.1) is 0 Å². The second-order valence-corrected chi connectivity index (χ2v) is 9.22. The second kappa shape index (κ2) is 11.5. The van der Waals surface area contributed by atoms with Gasteiger partial charge in [0.2, 0.25) is 11.8 Å². The van der Waals surface area contributed by atoms with Crippen molar-refractivity contribution in [3.8, 4) is 0 Å². The molecule has 0 aliphatic carbocycles. The normalized spacial score (nSPS) is 12.7. The van der Waals surface area contributed by atoms with E-state index in [1.165, 1.54) is 0 Å². The Morgan fingerprint density at radius 1 is 0.833 bits per heavy atom. The number of alkyl carbamates (subject to hydrolysis) is 1. The Balaban J connectivity index is 1.45. The van der Waals surface area contributed by atoms with Crippen molar-refractivity contribution in [1.82, 2.24) is 15.5 Å². The maximum Gasteiger partial charge on any atom is 0.407 e. The smallest absolute Gasteiger partial charge is 0.407 e. The molecular weight excluding hydrogens is 464 g/mol. The van der Waals surface area contributed by atoms with Crippen LogP contribution in [0.25, 0.3) is 0 Å². The summed E-state index contributed by atoms with van der Waals surface area (Å²) in [6.45, 7) is 5.48. The molecule has 1 aliphatic rings. The molecule has 0 unspecified atom stereocenters. The van der Waals surface area contributed by atoms with Gasteiger partial charge in [0.25, 0.3) is 11.8 Å².